The lowest BCUT2D eigenvalue weighted by Gasteiger charge is -2.43. The minimum absolute atomic E-state index is 0.0120. The molecule has 3 aliphatic rings. The van der Waals surface area contributed by atoms with Crippen LogP contribution in [0, 0.1) is 17.8 Å². The number of hydrogen-bond acceptors (Lipinski definition) is 10. The van der Waals surface area contributed by atoms with E-state index in [4.69, 9.17) is 30.5 Å². The quantitative estimate of drug-likeness (QED) is 0.244. The summed E-state index contributed by atoms with van der Waals surface area (Å²) in [4.78, 5) is 42.4. The standard InChI is InChI=1S/C39H48ClN5O8S/c1-24-23-54(49,43-38(48)32-22-44(3)41-39(32)51-5)42-37(47)27-11-14-36-33(19-27)45(20-28-9-12-30(40)18-26(28)8-6-7-17-52-36)21-29-10-13-31(29)35(50-4)16-15-34(24)53-25(2)46/h9,11-12,14-16,18-19,22,24,29,31,34-35H,6-8,10,13,17,20-21,23H2,1-5H3,(H,42,43,47,48,49)/b16-15+/t24-,29+,31-,34+,35+,54?/m1/s1. The van der Waals surface area contributed by atoms with E-state index in [9.17, 15) is 18.6 Å². The average molecular weight is 782 g/mol. The summed E-state index contributed by atoms with van der Waals surface area (Å²) >= 11 is 6.47. The van der Waals surface area contributed by atoms with Crippen LogP contribution < -0.4 is 19.1 Å². The molecule has 1 fully saturated rings. The van der Waals surface area contributed by atoms with E-state index in [1.165, 1.54) is 24.9 Å². The molecular weight excluding hydrogens is 734 g/mol. The zero-order valence-electron chi connectivity index (χ0n) is 31.3. The highest BCUT2D eigenvalue weighted by molar-refractivity contribution is 7.92. The van der Waals surface area contributed by atoms with Crippen molar-refractivity contribution in [1.29, 1.82) is 0 Å². The molecule has 6 atom stereocenters. The monoisotopic (exact) mass is 781 g/mol. The first-order valence-electron chi connectivity index (χ1n) is 18.2. The van der Waals surface area contributed by atoms with Crippen molar-refractivity contribution >= 4 is 45.0 Å². The molecule has 3 aromatic rings. The minimum atomic E-state index is -3.86. The average Bonchev–Trinajstić information content (AvgIpc) is 3.49. The van der Waals surface area contributed by atoms with E-state index in [0.29, 0.717) is 36.2 Å². The Balaban J connectivity index is 1.49. The number of nitrogens with one attached hydrogen (secondary N) is 1. The Hall–Kier alpha value is -4.40. The van der Waals surface area contributed by atoms with E-state index < -0.39 is 39.7 Å². The van der Waals surface area contributed by atoms with Crippen LogP contribution in [0.25, 0.3) is 0 Å². The number of benzene rings is 2. The van der Waals surface area contributed by atoms with Crippen LogP contribution in [0.15, 0.2) is 59.1 Å². The van der Waals surface area contributed by atoms with Gasteiger partial charge in [-0.3, -0.25) is 23.8 Å². The van der Waals surface area contributed by atoms with Gasteiger partial charge in [0.2, 0.25) is 5.88 Å². The Morgan fingerprint density at radius 1 is 1.06 bits per heavy atom. The van der Waals surface area contributed by atoms with Gasteiger partial charge in [0, 0.05) is 56.9 Å². The van der Waals surface area contributed by atoms with Gasteiger partial charge in [0.15, 0.2) is 0 Å². The predicted molar refractivity (Wildman–Crippen MR) is 205 cm³/mol. The number of carbonyl (C=O) groups is 3. The maximum absolute atomic E-state index is 14.8. The zero-order chi connectivity index (χ0) is 38.6. The van der Waals surface area contributed by atoms with Crippen LogP contribution in [-0.2, 0) is 44.2 Å². The van der Waals surface area contributed by atoms with Crippen molar-refractivity contribution in [3.05, 3.63) is 82.0 Å². The Bertz CT molecular complexity index is 2040. The largest absolute Gasteiger partial charge is 0.491 e. The van der Waals surface area contributed by atoms with Gasteiger partial charge in [-0.25, -0.2) is 4.21 Å². The molecule has 1 unspecified atom stereocenters. The fourth-order valence-electron chi connectivity index (χ4n) is 7.46. The lowest BCUT2D eigenvalue weighted by molar-refractivity contribution is -0.145. The summed E-state index contributed by atoms with van der Waals surface area (Å²) in [6.45, 7) is 4.67. The molecule has 0 spiro atoms. The maximum Gasteiger partial charge on any atom is 0.303 e. The number of aryl methyl sites for hydroxylation is 2. The third-order valence-corrected chi connectivity index (χ3v) is 12.5. The fraction of sp³-hybridized carbons (Fsp3) is 0.487. The minimum Gasteiger partial charge on any atom is -0.491 e. The van der Waals surface area contributed by atoms with E-state index in [-0.39, 0.29) is 40.7 Å². The molecule has 2 bridgehead atoms. The van der Waals surface area contributed by atoms with E-state index >= 15 is 0 Å². The van der Waals surface area contributed by atoms with Gasteiger partial charge >= 0.3 is 5.97 Å². The molecule has 1 aliphatic carbocycles. The number of halogens is 1. The molecule has 54 heavy (non-hydrogen) atoms. The molecule has 13 nitrogen and oxygen atoms in total. The number of ether oxygens (including phenoxy) is 4. The van der Waals surface area contributed by atoms with Crippen LogP contribution in [-0.4, -0.2) is 77.1 Å². The van der Waals surface area contributed by atoms with Gasteiger partial charge in [0.1, 0.15) is 27.3 Å². The summed E-state index contributed by atoms with van der Waals surface area (Å²) in [5.74, 6) is -2.08. The second kappa shape index (κ2) is 17.0. The topological polar surface area (TPSA) is 151 Å². The van der Waals surface area contributed by atoms with Crippen molar-refractivity contribution in [2.45, 2.75) is 64.7 Å². The zero-order valence-corrected chi connectivity index (χ0v) is 32.9. The third-order valence-electron chi connectivity index (χ3n) is 10.4. The molecule has 2 aliphatic heterocycles. The number of carbonyl (C=O) groups excluding carboxylic acids is 3. The van der Waals surface area contributed by atoms with Gasteiger partial charge in [-0.05, 0) is 91.5 Å². The molecular formula is C39H48ClN5O8S. The summed E-state index contributed by atoms with van der Waals surface area (Å²) < 4.78 is 46.4. The van der Waals surface area contributed by atoms with Crippen molar-refractivity contribution in [2.24, 2.45) is 29.2 Å². The van der Waals surface area contributed by atoms with Gasteiger partial charge in [0.25, 0.3) is 11.8 Å². The van der Waals surface area contributed by atoms with Crippen LogP contribution in [0.3, 0.4) is 0 Å². The molecule has 1 saturated carbocycles. The fourth-order valence-corrected chi connectivity index (χ4v) is 9.53. The molecule has 6 rings (SSSR count). The molecule has 3 heterocycles. The SMILES string of the molecule is COc1nn(C)cc1C(=O)NS1(=O)=NC(=O)c2ccc3c(c2)N(Cc2ccc(Cl)cc2CCCCO3)C[C@@H]2CC[C@H]2[C@@H](OC)/C=C/[C@H](OC(C)=O)[C@H](C)C1. The van der Waals surface area contributed by atoms with Gasteiger partial charge in [-0.1, -0.05) is 30.7 Å². The number of nitrogens with zero attached hydrogens (tertiary/aromatic N) is 4. The van der Waals surface area contributed by atoms with Crippen LogP contribution in [0.1, 0.15) is 71.4 Å². The van der Waals surface area contributed by atoms with Crippen LogP contribution in [0.5, 0.6) is 11.6 Å². The van der Waals surface area contributed by atoms with Crippen LogP contribution in [0.2, 0.25) is 5.02 Å². The molecule has 1 aromatic heterocycles. The van der Waals surface area contributed by atoms with Gasteiger partial charge < -0.3 is 23.8 Å². The number of amides is 2. The highest BCUT2D eigenvalue weighted by Crippen LogP contribution is 2.42. The Labute approximate surface area is 321 Å². The molecule has 0 saturated heterocycles. The van der Waals surface area contributed by atoms with Gasteiger partial charge in [0.05, 0.1) is 31.3 Å². The van der Waals surface area contributed by atoms with Crippen molar-refractivity contribution in [1.82, 2.24) is 14.5 Å². The molecule has 2 amide bonds. The molecule has 290 valence electrons. The maximum atomic E-state index is 14.8. The Morgan fingerprint density at radius 3 is 2.57 bits per heavy atom. The lowest BCUT2D eigenvalue weighted by Crippen LogP contribution is -2.43. The highest BCUT2D eigenvalue weighted by Gasteiger charge is 2.38. The first-order chi connectivity index (χ1) is 25.9. The number of rotatable bonds is 5. The van der Waals surface area contributed by atoms with Gasteiger partial charge in [-0.15, -0.1) is 9.46 Å². The number of fused-ring (bicyclic) bond motifs is 3. The summed E-state index contributed by atoms with van der Waals surface area (Å²) in [7, 11) is 0.778. The van der Waals surface area contributed by atoms with Crippen molar-refractivity contribution in [3.8, 4) is 11.6 Å². The number of aromatic nitrogens is 2. The molecule has 1 N–H and O–H groups in total. The van der Waals surface area contributed by atoms with Gasteiger partial charge in [-0.2, -0.15) is 0 Å². The van der Waals surface area contributed by atoms with Crippen molar-refractivity contribution < 1.29 is 37.5 Å². The highest BCUT2D eigenvalue weighted by atomic mass is 35.5. The number of esters is 1. The summed E-state index contributed by atoms with van der Waals surface area (Å²) in [5, 5.41) is 4.81. The molecule has 2 aromatic carbocycles. The predicted octanol–water partition coefficient (Wildman–Crippen LogP) is 5.94. The van der Waals surface area contributed by atoms with Crippen LogP contribution in [0.4, 0.5) is 5.69 Å². The van der Waals surface area contributed by atoms with E-state index in [0.717, 1.165) is 43.2 Å². The van der Waals surface area contributed by atoms with E-state index in [2.05, 4.69) is 25.1 Å². The van der Waals surface area contributed by atoms with Crippen LogP contribution >= 0.6 is 11.6 Å². The van der Waals surface area contributed by atoms with E-state index in [1.807, 2.05) is 18.2 Å². The number of hydrogen-bond donors (Lipinski definition) is 1. The summed E-state index contributed by atoms with van der Waals surface area (Å²) in [6, 6.07) is 11.1. The summed E-state index contributed by atoms with van der Waals surface area (Å²) in [6.07, 6.45) is 8.40. The smallest absolute Gasteiger partial charge is 0.303 e. The Morgan fingerprint density at radius 2 is 1.85 bits per heavy atom. The number of anilines is 1. The first-order valence-corrected chi connectivity index (χ1v) is 20.3. The summed E-state index contributed by atoms with van der Waals surface area (Å²) in [5.41, 5.74) is 3.18. The molecule has 15 heteroatoms. The van der Waals surface area contributed by atoms with Crippen molar-refractivity contribution in [2.75, 3.05) is 38.0 Å². The Kier molecular flexibility index (Phi) is 12.3. The first kappa shape index (κ1) is 39.3. The van der Waals surface area contributed by atoms with E-state index in [1.54, 1.807) is 45.4 Å². The van der Waals surface area contributed by atoms with Crippen molar-refractivity contribution in [3.63, 3.8) is 0 Å². The second-order valence-electron chi connectivity index (χ2n) is 14.3. The lowest BCUT2D eigenvalue weighted by atomic mass is 9.70. The normalized spacial score (nSPS) is 26.7. The number of methoxy groups -OCH3 is 2. The molecule has 0 radical (unpaired) electrons. The third kappa shape index (κ3) is 9.10. The second-order valence-corrected chi connectivity index (χ2v) is 16.7.